The maximum absolute atomic E-state index is 12.7. The summed E-state index contributed by atoms with van der Waals surface area (Å²) in [6.07, 6.45) is 6.79. The second kappa shape index (κ2) is 7.06. The molecule has 0 spiro atoms. The third-order valence-electron chi connectivity index (χ3n) is 5.45. The zero-order chi connectivity index (χ0) is 18.1. The largest absolute Gasteiger partial charge is 0.348 e. The van der Waals surface area contributed by atoms with Crippen molar-refractivity contribution in [2.24, 2.45) is 0 Å². The van der Waals surface area contributed by atoms with E-state index in [-0.39, 0.29) is 11.9 Å². The van der Waals surface area contributed by atoms with Crippen LogP contribution in [0.1, 0.15) is 60.9 Å². The Kier molecular flexibility index (Phi) is 4.62. The van der Waals surface area contributed by atoms with Gasteiger partial charge in [0.05, 0.1) is 0 Å². The SMILES string of the molecule is Cc1nc(C(=O)NC2CCCCC2)cc(N2c3ccccc3CC2C)n1. The van der Waals surface area contributed by atoms with Gasteiger partial charge in [-0.25, -0.2) is 9.97 Å². The van der Waals surface area contributed by atoms with E-state index >= 15 is 0 Å². The number of aryl methyl sites for hydroxylation is 1. The number of hydrogen-bond donors (Lipinski definition) is 1. The molecule has 1 saturated carbocycles. The van der Waals surface area contributed by atoms with Crippen LogP contribution in [0.3, 0.4) is 0 Å². The van der Waals surface area contributed by atoms with Crippen LogP contribution >= 0.6 is 0 Å². The highest BCUT2D eigenvalue weighted by Gasteiger charge is 2.29. The van der Waals surface area contributed by atoms with Gasteiger partial charge in [0, 0.05) is 23.8 Å². The maximum Gasteiger partial charge on any atom is 0.270 e. The summed E-state index contributed by atoms with van der Waals surface area (Å²) in [7, 11) is 0. The molecule has 1 atom stereocenters. The Morgan fingerprint density at radius 1 is 1.15 bits per heavy atom. The van der Waals surface area contributed by atoms with Gasteiger partial charge in [0.25, 0.3) is 5.91 Å². The molecule has 2 heterocycles. The fraction of sp³-hybridized carbons (Fsp3) is 0.476. The van der Waals surface area contributed by atoms with Crippen molar-refractivity contribution >= 4 is 17.4 Å². The number of anilines is 2. The van der Waals surface area contributed by atoms with Crippen molar-refractivity contribution in [3.63, 3.8) is 0 Å². The number of carbonyl (C=O) groups excluding carboxylic acids is 1. The van der Waals surface area contributed by atoms with Crippen molar-refractivity contribution in [1.82, 2.24) is 15.3 Å². The summed E-state index contributed by atoms with van der Waals surface area (Å²) in [5, 5.41) is 3.16. The topological polar surface area (TPSA) is 58.1 Å². The molecule has 5 nitrogen and oxygen atoms in total. The maximum atomic E-state index is 12.7. The molecule has 0 radical (unpaired) electrons. The summed E-state index contributed by atoms with van der Waals surface area (Å²) in [5.74, 6) is 1.36. The highest BCUT2D eigenvalue weighted by atomic mass is 16.1. The number of para-hydroxylation sites is 1. The van der Waals surface area contributed by atoms with Gasteiger partial charge in [0.2, 0.25) is 0 Å². The van der Waals surface area contributed by atoms with Crippen LogP contribution < -0.4 is 10.2 Å². The summed E-state index contributed by atoms with van der Waals surface area (Å²) in [6, 6.07) is 10.8. The molecular weight excluding hydrogens is 324 g/mol. The summed E-state index contributed by atoms with van der Waals surface area (Å²) in [4.78, 5) is 24.0. The second-order valence-corrected chi connectivity index (χ2v) is 7.52. The summed E-state index contributed by atoms with van der Waals surface area (Å²) in [6.45, 7) is 4.05. The Bertz CT molecular complexity index is 813. The lowest BCUT2D eigenvalue weighted by molar-refractivity contribution is 0.0922. The smallest absolute Gasteiger partial charge is 0.270 e. The molecule has 0 saturated heterocycles. The third-order valence-corrected chi connectivity index (χ3v) is 5.45. The van der Waals surface area contributed by atoms with E-state index in [2.05, 4.69) is 51.4 Å². The Morgan fingerprint density at radius 3 is 2.73 bits per heavy atom. The van der Waals surface area contributed by atoms with Crippen LogP contribution in [0.15, 0.2) is 30.3 Å². The zero-order valence-corrected chi connectivity index (χ0v) is 15.5. The molecule has 0 bridgehead atoms. The Balaban J connectivity index is 1.61. The molecule has 2 aliphatic rings. The second-order valence-electron chi connectivity index (χ2n) is 7.52. The van der Waals surface area contributed by atoms with Gasteiger partial charge < -0.3 is 10.2 Å². The standard InChI is InChI=1S/C21H26N4O/c1-14-12-16-8-6-7-11-19(16)25(14)20-13-18(22-15(2)23-20)21(26)24-17-9-4-3-5-10-17/h6-8,11,13-14,17H,3-5,9-10,12H2,1-2H3,(H,24,26). The van der Waals surface area contributed by atoms with Crippen molar-refractivity contribution < 1.29 is 4.79 Å². The van der Waals surface area contributed by atoms with Gasteiger partial charge in [-0.05, 0) is 44.7 Å². The molecular formula is C21H26N4O. The third kappa shape index (κ3) is 3.30. The van der Waals surface area contributed by atoms with Crippen LogP contribution in [0.5, 0.6) is 0 Å². The molecule has 2 aromatic rings. The number of carbonyl (C=O) groups is 1. The lowest BCUT2D eigenvalue weighted by Gasteiger charge is -2.25. The van der Waals surface area contributed by atoms with Crippen molar-refractivity contribution in [2.75, 3.05) is 4.90 Å². The molecule has 1 unspecified atom stereocenters. The van der Waals surface area contributed by atoms with Crippen LogP contribution in [-0.2, 0) is 6.42 Å². The number of aromatic nitrogens is 2. The minimum Gasteiger partial charge on any atom is -0.348 e. The fourth-order valence-electron chi connectivity index (χ4n) is 4.21. The number of amides is 1. The summed E-state index contributed by atoms with van der Waals surface area (Å²) < 4.78 is 0. The van der Waals surface area contributed by atoms with Crippen LogP contribution in [0, 0.1) is 6.92 Å². The van der Waals surface area contributed by atoms with E-state index in [1.165, 1.54) is 30.5 Å². The molecule has 1 aromatic heterocycles. The zero-order valence-electron chi connectivity index (χ0n) is 15.5. The molecule has 1 aliphatic carbocycles. The highest BCUT2D eigenvalue weighted by Crippen LogP contribution is 2.37. The lowest BCUT2D eigenvalue weighted by Crippen LogP contribution is -2.37. The first-order valence-electron chi connectivity index (χ1n) is 9.65. The van der Waals surface area contributed by atoms with E-state index in [9.17, 15) is 4.79 Å². The fourth-order valence-corrected chi connectivity index (χ4v) is 4.21. The number of hydrogen-bond acceptors (Lipinski definition) is 4. The van der Waals surface area contributed by atoms with Gasteiger partial charge in [-0.3, -0.25) is 4.79 Å². The number of nitrogens with one attached hydrogen (secondary N) is 1. The van der Waals surface area contributed by atoms with Crippen molar-refractivity contribution in [1.29, 1.82) is 0 Å². The van der Waals surface area contributed by atoms with Gasteiger partial charge in [-0.2, -0.15) is 0 Å². The molecule has 1 amide bonds. The van der Waals surface area contributed by atoms with Crippen molar-refractivity contribution in [2.45, 2.75) is 64.5 Å². The first-order chi connectivity index (χ1) is 12.6. The molecule has 1 N–H and O–H groups in total. The van der Waals surface area contributed by atoms with Gasteiger partial charge in [-0.15, -0.1) is 0 Å². The Labute approximate surface area is 154 Å². The predicted molar refractivity (Wildman–Crippen MR) is 103 cm³/mol. The van der Waals surface area contributed by atoms with Crippen molar-refractivity contribution in [3.05, 3.63) is 47.4 Å². The van der Waals surface area contributed by atoms with E-state index in [1.807, 2.05) is 13.0 Å². The monoisotopic (exact) mass is 350 g/mol. The average Bonchev–Trinajstić information content (AvgIpc) is 2.97. The van der Waals surface area contributed by atoms with E-state index in [1.54, 1.807) is 0 Å². The summed E-state index contributed by atoms with van der Waals surface area (Å²) in [5.41, 5.74) is 2.97. The Morgan fingerprint density at radius 2 is 1.92 bits per heavy atom. The van der Waals surface area contributed by atoms with E-state index < -0.39 is 0 Å². The van der Waals surface area contributed by atoms with Gasteiger partial charge in [0.1, 0.15) is 17.3 Å². The molecule has 5 heteroatoms. The minimum absolute atomic E-state index is 0.0798. The summed E-state index contributed by atoms with van der Waals surface area (Å²) >= 11 is 0. The Hall–Kier alpha value is -2.43. The number of nitrogens with zero attached hydrogens (tertiary/aromatic N) is 3. The van der Waals surface area contributed by atoms with E-state index in [0.717, 1.165) is 25.1 Å². The van der Waals surface area contributed by atoms with Crippen LogP contribution in [0.2, 0.25) is 0 Å². The molecule has 4 rings (SSSR count). The average molecular weight is 350 g/mol. The normalized spacial score (nSPS) is 20.1. The quantitative estimate of drug-likeness (QED) is 0.911. The van der Waals surface area contributed by atoms with E-state index in [0.29, 0.717) is 17.6 Å². The first kappa shape index (κ1) is 17.0. The van der Waals surface area contributed by atoms with Gasteiger partial charge >= 0.3 is 0 Å². The molecule has 136 valence electrons. The van der Waals surface area contributed by atoms with Crippen LogP contribution in [-0.4, -0.2) is 28.0 Å². The van der Waals surface area contributed by atoms with Crippen LogP contribution in [0.25, 0.3) is 0 Å². The predicted octanol–water partition coefficient (Wildman–Crippen LogP) is 3.93. The molecule has 1 aromatic carbocycles. The van der Waals surface area contributed by atoms with E-state index in [4.69, 9.17) is 0 Å². The number of fused-ring (bicyclic) bond motifs is 1. The molecule has 26 heavy (non-hydrogen) atoms. The van der Waals surface area contributed by atoms with Gasteiger partial charge in [-0.1, -0.05) is 37.5 Å². The highest BCUT2D eigenvalue weighted by molar-refractivity contribution is 5.93. The number of rotatable bonds is 3. The van der Waals surface area contributed by atoms with Crippen molar-refractivity contribution in [3.8, 4) is 0 Å². The minimum atomic E-state index is -0.0798. The number of benzene rings is 1. The first-order valence-corrected chi connectivity index (χ1v) is 9.65. The molecule has 1 aliphatic heterocycles. The molecule has 1 fully saturated rings. The van der Waals surface area contributed by atoms with Crippen LogP contribution in [0.4, 0.5) is 11.5 Å². The lowest BCUT2D eigenvalue weighted by atomic mass is 9.95. The van der Waals surface area contributed by atoms with Gasteiger partial charge in [0.15, 0.2) is 0 Å².